The van der Waals surface area contributed by atoms with E-state index < -0.39 is 0 Å². The molecule has 0 aliphatic carbocycles. The van der Waals surface area contributed by atoms with Gasteiger partial charge in [-0.25, -0.2) is 0 Å². The second-order valence-electron chi connectivity index (χ2n) is 6.17. The normalized spacial score (nSPS) is 21.5. The van der Waals surface area contributed by atoms with Crippen molar-refractivity contribution >= 4 is 11.8 Å². The van der Waals surface area contributed by atoms with Crippen LogP contribution in [0.4, 0.5) is 0 Å². The maximum absolute atomic E-state index is 12.3. The van der Waals surface area contributed by atoms with Crippen LogP contribution in [0.2, 0.25) is 0 Å². The number of nitrogens with zero attached hydrogens (tertiary/aromatic N) is 1. The van der Waals surface area contributed by atoms with Gasteiger partial charge in [0.15, 0.2) is 0 Å². The summed E-state index contributed by atoms with van der Waals surface area (Å²) in [4.78, 5) is 26.1. The van der Waals surface area contributed by atoms with E-state index in [9.17, 15) is 9.59 Å². The summed E-state index contributed by atoms with van der Waals surface area (Å²) in [6.45, 7) is 2.96. The Labute approximate surface area is 131 Å². The summed E-state index contributed by atoms with van der Waals surface area (Å²) in [5.41, 5.74) is 1.19. The molecule has 2 aliphatic rings. The van der Waals surface area contributed by atoms with E-state index >= 15 is 0 Å². The van der Waals surface area contributed by atoms with Crippen molar-refractivity contribution in [3.05, 3.63) is 35.9 Å². The molecule has 0 radical (unpaired) electrons. The molecule has 3 rings (SSSR count). The first-order valence-corrected chi connectivity index (χ1v) is 8.05. The molecule has 22 heavy (non-hydrogen) atoms. The third-order valence-electron chi connectivity index (χ3n) is 4.51. The Morgan fingerprint density at radius 2 is 2.00 bits per heavy atom. The molecule has 1 aromatic rings. The van der Waals surface area contributed by atoms with Gasteiger partial charge in [-0.1, -0.05) is 30.3 Å². The monoisotopic (exact) mass is 301 g/mol. The SMILES string of the molecule is O=C(NC1CCN(C(=O)CCc2ccccc2)C1)C1CNC1. The van der Waals surface area contributed by atoms with Crippen LogP contribution in [0.1, 0.15) is 18.4 Å². The molecular weight excluding hydrogens is 278 g/mol. The van der Waals surface area contributed by atoms with Crippen molar-refractivity contribution in [2.45, 2.75) is 25.3 Å². The van der Waals surface area contributed by atoms with Crippen molar-refractivity contribution in [1.29, 1.82) is 0 Å². The van der Waals surface area contributed by atoms with E-state index in [4.69, 9.17) is 0 Å². The molecule has 2 N–H and O–H groups in total. The minimum absolute atomic E-state index is 0.114. The van der Waals surface area contributed by atoms with Crippen molar-refractivity contribution in [3.63, 3.8) is 0 Å². The highest BCUT2D eigenvalue weighted by Gasteiger charge is 2.31. The quantitative estimate of drug-likeness (QED) is 0.835. The number of amides is 2. The molecule has 1 atom stereocenters. The number of hydrogen-bond acceptors (Lipinski definition) is 3. The van der Waals surface area contributed by atoms with Gasteiger partial charge >= 0.3 is 0 Å². The highest BCUT2D eigenvalue weighted by molar-refractivity contribution is 5.81. The van der Waals surface area contributed by atoms with Crippen LogP contribution in [-0.4, -0.2) is 48.9 Å². The molecule has 0 bridgehead atoms. The first-order chi connectivity index (χ1) is 10.7. The zero-order valence-corrected chi connectivity index (χ0v) is 12.8. The molecule has 2 aliphatic heterocycles. The fourth-order valence-corrected chi connectivity index (χ4v) is 2.95. The van der Waals surface area contributed by atoms with E-state index in [-0.39, 0.29) is 23.8 Å². The van der Waals surface area contributed by atoms with Gasteiger partial charge in [-0.3, -0.25) is 9.59 Å². The number of likely N-dealkylation sites (tertiary alicyclic amines) is 1. The number of carbonyl (C=O) groups excluding carboxylic acids is 2. The van der Waals surface area contributed by atoms with E-state index in [2.05, 4.69) is 10.6 Å². The van der Waals surface area contributed by atoms with Crippen LogP contribution in [0.25, 0.3) is 0 Å². The van der Waals surface area contributed by atoms with Crippen LogP contribution in [0.15, 0.2) is 30.3 Å². The zero-order valence-electron chi connectivity index (χ0n) is 12.8. The number of nitrogens with one attached hydrogen (secondary N) is 2. The Hall–Kier alpha value is -1.88. The molecule has 2 amide bonds. The Morgan fingerprint density at radius 3 is 2.68 bits per heavy atom. The predicted octanol–water partition coefficient (Wildman–Crippen LogP) is 0.556. The van der Waals surface area contributed by atoms with Crippen molar-refractivity contribution in [2.24, 2.45) is 5.92 Å². The molecule has 2 heterocycles. The molecule has 1 unspecified atom stereocenters. The van der Waals surface area contributed by atoms with Crippen molar-refractivity contribution in [1.82, 2.24) is 15.5 Å². The standard InChI is InChI=1S/C17H23N3O2/c21-16(7-6-13-4-2-1-3-5-13)20-9-8-15(12-20)19-17(22)14-10-18-11-14/h1-5,14-15,18H,6-12H2,(H,19,22). The molecule has 5 heteroatoms. The summed E-state index contributed by atoms with van der Waals surface area (Å²) in [6.07, 6.45) is 2.18. The molecule has 0 aromatic heterocycles. The van der Waals surface area contributed by atoms with Gasteiger partial charge in [0, 0.05) is 38.6 Å². The first kappa shape index (κ1) is 15.0. The molecule has 0 spiro atoms. The number of rotatable bonds is 5. The Kier molecular flexibility index (Phi) is 4.73. The van der Waals surface area contributed by atoms with Crippen LogP contribution in [0.3, 0.4) is 0 Å². The van der Waals surface area contributed by atoms with Gasteiger partial charge < -0.3 is 15.5 Å². The molecule has 5 nitrogen and oxygen atoms in total. The van der Waals surface area contributed by atoms with Crippen LogP contribution in [0.5, 0.6) is 0 Å². The Morgan fingerprint density at radius 1 is 1.23 bits per heavy atom. The summed E-state index contributed by atoms with van der Waals surface area (Å²) in [5.74, 6) is 0.427. The lowest BCUT2D eigenvalue weighted by atomic mass is 10.0. The largest absolute Gasteiger partial charge is 0.351 e. The van der Waals surface area contributed by atoms with Crippen LogP contribution < -0.4 is 10.6 Å². The number of carbonyl (C=O) groups is 2. The second kappa shape index (κ2) is 6.92. The molecular formula is C17H23N3O2. The summed E-state index contributed by atoms with van der Waals surface area (Å²) < 4.78 is 0. The molecule has 2 fully saturated rings. The lowest BCUT2D eigenvalue weighted by molar-refractivity contribution is -0.131. The van der Waals surface area contributed by atoms with Gasteiger partial charge in [-0.2, -0.15) is 0 Å². The average molecular weight is 301 g/mol. The summed E-state index contributed by atoms with van der Waals surface area (Å²) in [6, 6.07) is 10.2. The zero-order chi connectivity index (χ0) is 15.4. The fourth-order valence-electron chi connectivity index (χ4n) is 2.95. The first-order valence-electron chi connectivity index (χ1n) is 8.05. The van der Waals surface area contributed by atoms with Gasteiger partial charge in [-0.15, -0.1) is 0 Å². The lowest BCUT2D eigenvalue weighted by Gasteiger charge is -2.27. The smallest absolute Gasteiger partial charge is 0.225 e. The topological polar surface area (TPSA) is 61.4 Å². The summed E-state index contributed by atoms with van der Waals surface area (Å²) in [5, 5.41) is 6.17. The Bertz CT molecular complexity index is 528. The van der Waals surface area contributed by atoms with Crippen molar-refractivity contribution < 1.29 is 9.59 Å². The van der Waals surface area contributed by atoms with Crippen LogP contribution in [-0.2, 0) is 16.0 Å². The van der Waals surface area contributed by atoms with Gasteiger partial charge in [0.05, 0.1) is 5.92 Å². The van der Waals surface area contributed by atoms with E-state index in [0.29, 0.717) is 13.0 Å². The highest BCUT2D eigenvalue weighted by Crippen LogP contribution is 2.13. The van der Waals surface area contributed by atoms with Gasteiger partial charge in [0.1, 0.15) is 0 Å². The number of hydrogen-bond donors (Lipinski definition) is 2. The van der Waals surface area contributed by atoms with Gasteiger partial charge in [0.25, 0.3) is 0 Å². The minimum atomic E-state index is 0.114. The molecule has 118 valence electrons. The number of benzene rings is 1. The van der Waals surface area contributed by atoms with Crippen LogP contribution >= 0.6 is 0 Å². The third-order valence-corrected chi connectivity index (χ3v) is 4.51. The van der Waals surface area contributed by atoms with Crippen molar-refractivity contribution in [2.75, 3.05) is 26.2 Å². The van der Waals surface area contributed by atoms with Gasteiger partial charge in [-0.05, 0) is 18.4 Å². The number of aryl methyl sites for hydroxylation is 1. The molecule has 1 aromatic carbocycles. The Balaban J connectivity index is 1.41. The molecule has 0 saturated carbocycles. The fraction of sp³-hybridized carbons (Fsp3) is 0.529. The van der Waals surface area contributed by atoms with E-state index in [0.717, 1.165) is 32.5 Å². The maximum Gasteiger partial charge on any atom is 0.225 e. The third kappa shape index (κ3) is 3.65. The predicted molar refractivity (Wildman–Crippen MR) is 84.3 cm³/mol. The molecule has 2 saturated heterocycles. The average Bonchev–Trinajstić information content (AvgIpc) is 2.92. The van der Waals surface area contributed by atoms with E-state index in [1.54, 1.807) is 0 Å². The van der Waals surface area contributed by atoms with Gasteiger partial charge in [0.2, 0.25) is 11.8 Å². The van der Waals surface area contributed by atoms with Crippen LogP contribution in [0, 0.1) is 5.92 Å². The van der Waals surface area contributed by atoms with E-state index in [1.165, 1.54) is 5.56 Å². The maximum atomic E-state index is 12.3. The second-order valence-corrected chi connectivity index (χ2v) is 6.17. The minimum Gasteiger partial charge on any atom is -0.351 e. The highest BCUT2D eigenvalue weighted by atomic mass is 16.2. The summed E-state index contributed by atoms with van der Waals surface area (Å²) >= 11 is 0. The lowest BCUT2D eigenvalue weighted by Crippen LogP contribution is -2.53. The van der Waals surface area contributed by atoms with E-state index in [1.807, 2.05) is 35.2 Å². The summed E-state index contributed by atoms with van der Waals surface area (Å²) in [7, 11) is 0. The van der Waals surface area contributed by atoms with Crippen molar-refractivity contribution in [3.8, 4) is 0 Å².